The fourth-order valence-corrected chi connectivity index (χ4v) is 3.88. The van der Waals surface area contributed by atoms with Crippen LogP contribution in [0.15, 0.2) is 23.1 Å². The smallest absolute Gasteiger partial charge is 0.268 e. The maximum atomic E-state index is 12.2. The summed E-state index contributed by atoms with van der Waals surface area (Å²) >= 11 is 1.42. The number of H-pyrrole nitrogens is 1. The van der Waals surface area contributed by atoms with E-state index >= 15 is 0 Å². The summed E-state index contributed by atoms with van der Waals surface area (Å²) in [6, 6.07) is 3.89. The van der Waals surface area contributed by atoms with Gasteiger partial charge < -0.3 is 4.98 Å². The largest absolute Gasteiger partial charge is 0.309 e. The van der Waals surface area contributed by atoms with Gasteiger partial charge in [0.15, 0.2) is 0 Å². The van der Waals surface area contributed by atoms with Gasteiger partial charge in [0.1, 0.15) is 15.4 Å². The molecule has 3 aromatic heterocycles. The zero-order valence-corrected chi connectivity index (χ0v) is 11.2. The van der Waals surface area contributed by atoms with Crippen LogP contribution in [0.25, 0.3) is 20.4 Å². The standard InChI is InChI=1S/C14H13N3OS/c18-13-11-10(9-6-3-7-15-14(9)19-11)16-12(17-13)8-4-1-2-5-8/h3,6-8H,1-2,4-5H2,(H,16,17,18). The molecule has 0 bridgehead atoms. The molecule has 0 spiro atoms. The van der Waals surface area contributed by atoms with E-state index in [-0.39, 0.29) is 5.56 Å². The maximum absolute atomic E-state index is 12.2. The molecule has 19 heavy (non-hydrogen) atoms. The van der Waals surface area contributed by atoms with Crippen molar-refractivity contribution in [3.05, 3.63) is 34.5 Å². The Morgan fingerprint density at radius 2 is 2.16 bits per heavy atom. The quantitative estimate of drug-likeness (QED) is 0.739. The normalized spacial score (nSPS) is 16.6. The average Bonchev–Trinajstić information content (AvgIpc) is 3.06. The molecule has 4 nitrogen and oxygen atoms in total. The van der Waals surface area contributed by atoms with Crippen LogP contribution in [0.3, 0.4) is 0 Å². The van der Waals surface area contributed by atoms with Crippen LogP contribution in [0.5, 0.6) is 0 Å². The predicted molar refractivity (Wildman–Crippen MR) is 76.8 cm³/mol. The zero-order valence-electron chi connectivity index (χ0n) is 10.3. The molecule has 0 saturated heterocycles. The minimum atomic E-state index is -0.0186. The molecular formula is C14H13N3OS. The van der Waals surface area contributed by atoms with Gasteiger partial charge in [0, 0.05) is 17.5 Å². The van der Waals surface area contributed by atoms with Crippen molar-refractivity contribution in [3.63, 3.8) is 0 Å². The van der Waals surface area contributed by atoms with E-state index in [4.69, 9.17) is 4.98 Å². The van der Waals surface area contributed by atoms with Gasteiger partial charge in [0.25, 0.3) is 5.56 Å². The third-order valence-corrected chi connectivity index (χ3v) is 4.96. The van der Waals surface area contributed by atoms with Crippen molar-refractivity contribution in [1.29, 1.82) is 0 Å². The number of pyridine rings is 1. The van der Waals surface area contributed by atoms with Crippen LogP contribution in [0, 0.1) is 0 Å². The SMILES string of the molecule is O=c1[nH]c(C2CCCC2)nc2c1sc1ncccc12. The van der Waals surface area contributed by atoms with Crippen molar-refractivity contribution in [2.24, 2.45) is 0 Å². The molecule has 0 atom stereocenters. The average molecular weight is 271 g/mol. The molecule has 4 rings (SSSR count). The van der Waals surface area contributed by atoms with Crippen molar-refractivity contribution < 1.29 is 0 Å². The minimum absolute atomic E-state index is 0.0186. The molecule has 0 aromatic carbocycles. The van der Waals surface area contributed by atoms with Crippen molar-refractivity contribution in [3.8, 4) is 0 Å². The Hall–Kier alpha value is -1.75. The number of thiophene rings is 1. The summed E-state index contributed by atoms with van der Waals surface area (Å²) in [5, 5.41) is 0.993. The maximum Gasteiger partial charge on any atom is 0.268 e. The van der Waals surface area contributed by atoms with E-state index in [1.807, 2.05) is 12.1 Å². The van der Waals surface area contributed by atoms with Crippen molar-refractivity contribution in [2.75, 3.05) is 0 Å². The van der Waals surface area contributed by atoms with E-state index in [2.05, 4.69) is 9.97 Å². The fraction of sp³-hybridized carbons (Fsp3) is 0.357. The van der Waals surface area contributed by atoms with Gasteiger partial charge in [-0.25, -0.2) is 9.97 Å². The number of aromatic nitrogens is 3. The number of nitrogens with zero attached hydrogens (tertiary/aromatic N) is 2. The first kappa shape index (κ1) is 11.1. The Kier molecular flexibility index (Phi) is 2.41. The third kappa shape index (κ3) is 1.69. The highest BCUT2D eigenvalue weighted by Gasteiger charge is 2.21. The van der Waals surface area contributed by atoms with Crippen LogP contribution < -0.4 is 5.56 Å². The van der Waals surface area contributed by atoms with Crippen LogP contribution in [-0.4, -0.2) is 15.0 Å². The van der Waals surface area contributed by atoms with Gasteiger partial charge in [0.2, 0.25) is 0 Å². The van der Waals surface area contributed by atoms with Gasteiger partial charge in [-0.3, -0.25) is 4.79 Å². The van der Waals surface area contributed by atoms with E-state index in [1.54, 1.807) is 6.20 Å². The summed E-state index contributed by atoms with van der Waals surface area (Å²) in [7, 11) is 0. The van der Waals surface area contributed by atoms with Gasteiger partial charge in [-0.15, -0.1) is 11.3 Å². The highest BCUT2D eigenvalue weighted by molar-refractivity contribution is 7.25. The monoisotopic (exact) mass is 271 g/mol. The summed E-state index contributed by atoms with van der Waals surface area (Å²) in [6.45, 7) is 0. The number of hydrogen-bond donors (Lipinski definition) is 1. The van der Waals surface area contributed by atoms with Gasteiger partial charge in [-0.1, -0.05) is 12.8 Å². The number of nitrogens with one attached hydrogen (secondary N) is 1. The third-order valence-electron chi connectivity index (χ3n) is 3.86. The van der Waals surface area contributed by atoms with Crippen LogP contribution >= 0.6 is 11.3 Å². The first-order chi connectivity index (χ1) is 9.33. The van der Waals surface area contributed by atoms with E-state index in [0.29, 0.717) is 10.6 Å². The van der Waals surface area contributed by atoms with Crippen molar-refractivity contribution in [2.45, 2.75) is 31.6 Å². The molecule has 1 saturated carbocycles. The van der Waals surface area contributed by atoms with Gasteiger partial charge in [-0.05, 0) is 25.0 Å². The highest BCUT2D eigenvalue weighted by atomic mass is 32.1. The summed E-state index contributed by atoms with van der Waals surface area (Å²) in [6.07, 6.45) is 6.49. The number of hydrogen-bond acceptors (Lipinski definition) is 4. The first-order valence-electron chi connectivity index (χ1n) is 6.60. The molecule has 1 fully saturated rings. The van der Waals surface area contributed by atoms with Crippen LogP contribution in [-0.2, 0) is 0 Å². The van der Waals surface area contributed by atoms with Crippen LogP contribution in [0.4, 0.5) is 0 Å². The molecule has 5 heteroatoms. The Bertz CT molecular complexity index is 814. The molecule has 3 aromatic rings. The lowest BCUT2D eigenvalue weighted by atomic mass is 10.1. The molecular weight excluding hydrogens is 258 g/mol. The molecule has 3 heterocycles. The van der Waals surface area contributed by atoms with Gasteiger partial charge in [-0.2, -0.15) is 0 Å². The molecule has 0 aliphatic heterocycles. The molecule has 1 N–H and O–H groups in total. The fourth-order valence-electron chi connectivity index (χ4n) is 2.90. The Morgan fingerprint density at radius 1 is 1.32 bits per heavy atom. The topological polar surface area (TPSA) is 58.6 Å². The van der Waals surface area contributed by atoms with Crippen molar-refractivity contribution in [1.82, 2.24) is 15.0 Å². The summed E-state index contributed by atoms with van der Waals surface area (Å²) in [4.78, 5) is 25.1. The van der Waals surface area contributed by atoms with E-state index in [0.717, 1.165) is 34.4 Å². The van der Waals surface area contributed by atoms with Crippen LogP contribution in [0.2, 0.25) is 0 Å². The summed E-state index contributed by atoms with van der Waals surface area (Å²) in [5.74, 6) is 1.28. The second-order valence-electron chi connectivity index (χ2n) is 5.07. The molecule has 96 valence electrons. The highest BCUT2D eigenvalue weighted by Crippen LogP contribution is 2.34. The van der Waals surface area contributed by atoms with E-state index in [1.165, 1.54) is 24.2 Å². The predicted octanol–water partition coefficient (Wildman–Crippen LogP) is 3.19. The summed E-state index contributed by atoms with van der Waals surface area (Å²) in [5.41, 5.74) is 0.800. The molecule has 1 aliphatic rings. The lowest BCUT2D eigenvalue weighted by molar-refractivity contribution is 0.669. The molecule has 0 radical (unpaired) electrons. The lowest BCUT2D eigenvalue weighted by Crippen LogP contribution is -2.12. The Labute approximate surface area is 113 Å². The lowest BCUT2D eigenvalue weighted by Gasteiger charge is -2.07. The Morgan fingerprint density at radius 3 is 3.00 bits per heavy atom. The molecule has 0 amide bonds. The molecule has 0 unspecified atom stereocenters. The number of rotatable bonds is 1. The van der Waals surface area contributed by atoms with Gasteiger partial charge in [0.05, 0.1) is 5.52 Å². The van der Waals surface area contributed by atoms with Crippen LogP contribution in [0.1, 0.15) is 37.4 Å². The zero-order chi connectivity index (χ0) is 12.8. The second kappa shape index (κ2) is 4.13. The van der Waals surface area contributed by atoms with Gasteiger partial charge >= 0.3 is 0 Å². The van der Waals surface area contributed by atoms with Crippen molar-refractivity contribution >= 4 is 31.8 Å². The van der Waals surface area contributed by atoms with E-state index in [9.17, 15) is 4.79 Å². The Balaban J connectivity index is 2.03. The van der Waals surface area contributed by atoms with E-state index < -0.39 is 0 Å². The summed E-state index contributed by atoms with van der Waals surface area (Å²) < 4.78 is 0.690. The minimum Gasteiger partial charge on any atom is -0.309 e. The first-order valence-corrected chi connectivity index (χ1v) is 7.42. The second-order valence-corrected chi connectivity index (χ2v) is 6.07. The number of fused-ring (bicyclic) bond motifs is 3. The number of aromatic amines is 1. The molecule has 1 aliphatic carbocycles.